The smallest absolute Gasteiger partial charge is 0.330 e. The number of allylic oxidation sites excluding steroid dienone is 1. The minimum absolute atomic E-state index is 0.122. The van der Waals surface area contributed by atoms with E-state index in [0.717, 1.165) is 46.8 Å². The van der Waals surface area contributed by atoms with Gasteiger partial charge in [0.05, 0.1) is 76.6 Å². The molecular weight excluding hydrogens is 1160 g/mol. The number of aryl methyl sites for hydroxylation is 2. The lowest BCUT2D eigenvalue weighted by Crippen LogP contribution is -2.30. The van der Waals surface area contributed by atoms with E-state index in [-0.39, 0.29) is 82.4 Å². The quantitative estimate of drug-likeness (QED) is 0.0150. The minimum atomic E-state index is -0.637. The van der Waals surface area contributed by atoms with E-state index in [9.17, 15) is 58.5 Å². The van der Waals surface area contributed by atoms with Crippen LogP contribution >= 0.6 is 23.5 Å². The highest BCUT2D eigenvalue weighted by Gasteiger charge is 2.37. The van der Waals surface area contributed by atoms with Gasteiger partial charge in [-0.1, -0.05) is 60.9 Å². The molecular formula is C62H64N2O20S2. The summed E-state index contributed by atoms with van der Waals surface area (Å²) in [6.07, 6.45) is 6.36. The van der Waals surface area contributed by atoms with Crippen LogP contribution in [0.3, 0.4) is 0 Å². The van der Waals surface area contributed by atoms with Gasteiger partial charge in [0.15, 0.2) is 0 Å². The van der Waals surface area contributed by atoms with Gasteiger partial charge >= 0.3 is 59.7 Å². The topological polar surface area (TPSA) is 311 Å². The van der Waals surface area contributed by atoms with E-state index >= 15 is 0 Å². The van der Waals surface area contributed by atoms with Crippen molar-refractivity contribution in [2.45, 2.75) is 113 Å². The summed E-state index contributed by atoms with van der Waals surface area (Å²) in [6.45, 7) is 6.26. The lowest BCUT2D eigenvalue weighted by molar-refractivity contribution is -0.152. The van der Waals surface area contributed by atoms with E-state index in [1.165, 1.54) is 12.1 Å². The van der Waals surface area contributed by atoms with E-state index in [0.29, 0.717) is 103 Å². The zero-order valence-corrected chi connectivity index (χ0v) is 48.7. The average molecular weight is 1220 g/mol. The highest BCUT2D eigenvalue weighted by atomic mass is 32.2. The highest BCUT2D eigenvalue weighted by molar-refractivity contribution is 8.24. The summed E-state index contributed by atoms with van der Waals surface area (Å²) in [4.78, 5) is 124. The number of fused-ring (bicyclic) bond motifs is 1. The maximum absolute atomic E-state index is 13.7. The first-order chi connectivity index (χ1) is 41.5. The number of nitriles is 2. The highest BCUT2D eigenvalue weighted by Crippen LogP contribution is 2.59. The van der Waals surface area contributed by atoms with Crippen molar-refractivity contribution in [3.8, 4) is 35.1 Å². The Morgan fingerprint density at radius 3 is 1.05 bits per heavy atom. The summed E-state index contributed by atoms with van der Waals surface area (Å²) in [5, 5.41) is 19.4. The molecule has 0 N–H and O–H groups in total. The molecule has 22 nitrogen and oxygen atoms in total. The normalized spacial score (nSPS) is 16.6. The van der Waals surface area contributed by atoms with Gasteiger partial charge in [0.1, 0.15) is 67.1 Å². The zero-order chi connectivity index (χ0) is 61.8. The molecule has 1 aliphatic heterocycles. The van der Waals surface area contributed by atoms with Gasteiger partial charge in [0, 0.05) is 12.2 Å². The number of thioether (sulfide) groups is 2. The summed E-state index contributed by atoms with van der Waals surface area (Å²) in [7, 11) is 0. The summed E-state index contributed by atoms with van der Waals surface area (Å²) >= 11 is 2.11. The van der Waals surface area contributed by atoms with Crippen LogP contribution in [-0.2, 0) is 89.2 Å². The Bertz CT molecular complexity index is 2890. The largest absolute Gasteiger partial charge is 0.466 e. The molecule has 0 amide bonds. The van der Waals surface area contributed by atoms with Crippen LogP contribution in [0.1, 0.15) is 101 Å². The number of ether oxygens (including phenoxy) is 10. The number of benzene rings is 3. The summed E-state index contributed by atoms with van der Waals surface area (Å²) in [5.41, 5.74) is 1.67. The molecule has 454 valence electrons. The number of carbonyl (C=O) groups is 10. The number of carbonyl (C=O) groups excluding carboxylic acids is 10. The Kier molecular flexibility index (Phi) is 26.9. The second kappa shape index (κ2) is 34.9. The summed E-state index contributed by atoms with van der Waals surface area (Å²) < 4.78 is 53.2. The lowest BCUT2D eigenvalue weighted by Gasteiger charge is -2.26. The number of hydrogen-bond acceptors (Lipinski definition) is 24. The van der Waals surface area contributed by atoms with Crippen molar-refractivity contribution in [2.24, 2.45) is 23.7 Å². The molecule has 2 fully saturated rings. The first kappa shape index (κ1) is 66.4. The molecule has 0 atom stereocenters. The maximum atomic E-state index is 13.7. The van der Waals surface area contributed by atoms with Crippen LogP contribution in [0.15, 0.2) is 106 Å². The molecule has 24 heteroatoms. The standard InChI is InChI=1S/C62H64N2O20S2/c1-3-50(65)77-33-35-79-54(69)29-27-52(67)75-31-5-7-39-9-21-46(22-10-39)81-58(71)41-13-17-43(18-14-41)60(73)83-48-25-26-49(57-56(48)85-62(86-57)45(37-63)38-64)84-61(74)44-19-15-42(16-20-44)59(72)82-47-23-11-40(12-24-47)8-6-32-76-53(68)28-30-55(70)80-36-34-78-51(66)4-2/h3-4,9-12,21-26,41-44H,1-2,5-8,13-20,27-36H2. The monoisotopic (exact) mass is 1220 g/mol. The predicted molar refractivity (Wildman–Crippen MR) is 304 cm³/mol. The molecule has 3 aromatic carbocycles. The van der Waals surface area contributed by atoms with Crippen LogP contribution in [0.25, 0.3) is 0 Å². The molecule has 0 unspecified atom stereocenters. The Hall–Kier alpha value is -8.74. The van der Waals surface area contributed by atoms with E-state index < -0.39 is 83.4 Å². The van der Waals surface area contributed by atoms with Crippen molar-refractivity contribution in [3.63, 3.8) is 0 Å². The Balaban J connectivity index is 0.886. The number of rotatable bonds is 30. The van der Waals surface area contributed by atoms with Crippen molar-refractivity contribution in [3.05, 3.63) is 107 Å². The fraction of sp³-hybridized carbons (Fsp3) is 0.419. The van der Waals surface area contributed by atoms with Crippen LogP contribution < -0.4 is 18.9 Å². The van der Waals surface area contributed by atoms with E-state index in [2.05, 4.69) is 13.2 Å². The molecule has 0 aromatic heterocycles. The van der Waals surface area contributed by atoms with Gasteiger partial charge in [-0.25, -0.2) is 9.59 Å². The van der Waals surface area contributed by atoms with Crippen LogP contribution in [0.4, 0.5) is 0 Å². The lowest BCUT2D eigenvalue weighted by atomic mass is 9.82. The second-order valence-corrected chi connectivity index (χ2v) is 22.0. The van der Waals surface area contributed by atoms with Crippen molar-refractivity contribution < 1.29 is 95.3 Å². The number of nitrogens with zero attached hydrogens (tertiary/aromatic N) is 2. The van der Waals surface area contributed by atoms with Gasteiger partial charge in [0.25, 0.3) is 0 Å². The first-order valence-electron chi connectivity index (χ1n) is 27.9. The molecule has 0 radical (unpaired) electrons. The minimum Gasteiger partial charge on any atom is -0.466 e. The fourth-order valence-corrected chi connectivity index (χ4v) is 11.5. The Morgan fingerprint density at radius 2 is 0.733 bits per heavy atom. The third kappa shape index (κ3) is 21.7. The van der Waals surface area contributed by atoms with Crippen molar-refractivity contribution in [1.29, 1.82) is 10.5 Å². The number of esters is 10. The molecule has 6 rings (SSSR count). The van der Waals surface area contributed by atoms with Gasteiger partial charge < -0.3 is 47.4 Å². The van der Waals surface area contributed by atoms with Gasteiger partial charge in [-0.2, -0.15) is 10.5 Å². The molecule has 0 saturated heterocycles. The summed E-state index contributed by atoms with van der Waals surface area (Å²) in [6, 6.07) is 20.6. The van der Waals surface area contributed by atoms with Gasteiger partial charge in [-0.05, 0) is 125 Å². The molecule has 3 aromatic rings. The van der Waals surface area contributed by atoms with Gasteiger partial charge in [-0.3, -0.25) is 38.4 Å². The number of hydrogen-bond donors (Lipinski definition) is 0. The van der Waals surface area contributed by atoms with Crippen LogP contribution in [-0.4, -0.2) is 99.3 Å². The third-order valence-corrected chi connectivity index (χ3v) is 16.3. The SMILES string of the molecule is C=CC(=O)OCCOC(=O)CCC(=O)OCCCc1ccc(OC(=O)C2CCC(C(=O)Oc3ccc(OC(=O)C4CCC(C(=O)Oc5ccc(CCCOC(=O)CCC(=O)OCCOC(=O)C=C)cc5)CC4)c4c3SC(=C(C#N)C#N)S4)CC2)cc1. The Morgan fingerprint density at radius 1 is 0.430 bits per heavy atom. The van der Waals surface area contributed by atoms with Crippen LogP contribution in [0.5, 0.6) is 23.0 Å². The molecule has 2 aliphatic carbocycles. The van der Waals surface area contributed by atoms with Crippen LogP contribution in [0, 0.1) is 46.3 Å². The van der Waals surface area contributed by atoms with Crippen LogP contribution in [0.2, 0.25) is 0 Å². The Labute approximate surface area is 504 Å². The second-order valence-electron chi connectivity index (χ2n) is 19.7. The van der Waals surface area contributed by atoms with Gasteiger partial charge in [-0.15, -0.1) is 0 Å². The molecule has 0 bridgehead atoms. The van der Waals surface area contributed by atoms with E-state index in [1.54, 1.807) is 48.5 Å². The molecule has 3 aliphatic rings. The van der Waals surface area contributed by atoms with E-state index in [4.69, 9.17) is 47.4 Å². The predicted octanol–water partition coefficient (Wildman–Crippen LogP) is 8.83. The first-order valence-corrected chi connectivity index (χ1v) is 29.5. The molecule has 2 saturated carbocycles. The molecule has 0 spiro atoms. The summed E-state index contributed by atoms with van der Waals surface area (Å²) in [5.74, 6) is -6.51. The van der Waals surface area contributed by atoms with Crippen molar-refractivity contribution in [2.75, 3.05) is 39.6 Å². The van der Waals surface area contributed by atoms with Crippen molar-refractivity contribution >= 4 is 83.2 Å². The van der Waals surface area contributed by atoms with Crippen molar-refractivity contribution in [1.82, 2.24) is 0 Å². The third-order valence-electron chi connectivity index (χ3n) is 13.7. The van der Waals surface area contributed by atoms with E-state index in [1.807, 2.05) is 12.1 Å². The zero-order valence-electron chi connectivity index (χ0n) is 47.1. The maximum Gasteiger partial charge on any atom is 0.330 e. The fourth-order valence-electron chi connectivity index (χ4n) is 9.00. The average Bonchev–Trinajstić information content (AvgIpc) is 1.86. The molecule has 1 heterocycles. The molecule has 86 heavy (non-hydrogen) atoms. The van der Waals surface area contributed by atoms with Gasteiger partial charge in [0.2, 0.25) is 0 Å².